The fourth-order valence-electron chi connectivity index (χ4n) is 10.8. The number of nitrogens with one attached hydrogen (secondary N) is 1. The van der Waals surface area contributed by atoms with E-state index in [9.17, 15) is 4.39 Å². The third-order valence-electron chi connectivity index (χ3n) is 14.1. The first-order valence-corrected chi connectivity index (χ1v) is 26.9. The summed E-state index contributed by atoms with van der Waals surface area (Å²) >= 11 is 0. The lowest BCUT2D eigenvalue weighted by Gasteiger charge is -2.55. The van der Waals surface area contributed by atoms with Crippen LogP contribution in [0.1, 0.15) is 63.4 Å². The first-order valence-electron chi connectivity index (χ1n) is 22.1. The van der Waals surface area contributed by atoms with E-state index < -0.39 is 45.7 Å². The smallest absolute Gasteiger partial charge is 0.221 e. The molecule has 0 aromatic heterocycles. The number of halogens is 1. The Morgan fingerprint density at radius 3 is 1.22 bits per heavy atom. The fourth-order valence-corrected chi connectivity index (χ4v) is 26.3. The van der Waals surface area contributed by atoms with Crippen LogP contribution in [0.5, 0.6) is 0 Å². The van der Waals surface area contributed by atoms with Gasteiger partial charge < -0.3 is 37.9 Å². The number of hydrogen-bond acceptors (Lipinski definition) is 17. The Balaban J connectivity index is 1.09. The third kappa shape index (κ3) is 7.45. The molecule has 328 valence electrons. The van der Waals surface area contributed by atoms with E-state index in [0.29, 0.717) is 59.4 Å². The molecule has 1 N–H and O–H groups in total. The summed E-state index contributed by atoms with van der Waals surface area (Å²) < 4.78 is 97.1. The van der Waals surface area contributed by atoms with Crippen molar-refractivity contribution >= 4 is 22.5 Å². The molecule has 21 heteroatoms. The van der Waals surface area contributed by atoms with Gasteiger partial charge in [0, 0.05) is 123 Å². The molecule has 0 amide bonds. The highest BCUT2D eigenvalue weighted by atomic mass is 31.3. The van der Waals surface area contributed by atoms with Crippen molar-refractivity contribution in [1.82, 2.24) is 28.4 Å². The summed E-state index contributed by atoms with van der Waals surface area (Å²) in [5.41, 5.74) is 1.05. The number of rotatable bonds is 6. The van der Waals surface area contributed by atoms with Crippen molar-refractivity contribution in [2.75, 3.05) is 118 Å². The quantitative estimate of drug-likeness (QED) is 0.343. The molecule has 0 radical (unpaired) electrons. The van der Waals surface area contributed by atoms with Crippen LogP contribution in [0.25, 0.3) is 0 Å². The van der Waals surface area contributed by atoms with Crippen molar-refractivity contribution in [3.8, 4) is 0 Å². The van der Waals surface area contributed by atoms with Gasteiger partial charge in [-0.2, -0.15) is 13.5 Å². The second-order valence-corrected chi connectivity index (χ2v) is 26.0. The van der Waals surface area contributed by atoms with E-state index in [1.165, 1.54) is 0 Å². The lowest BCUT2D eigenvalue weighted by Crippen LogP contribution is -2.51. The van der Waals surface area contributed by atoms with Gasteiger partial charge in [0.25, 0.3) is 0 Å². The summed E-state index contributed by atoms with van der Waals surface area (Å²) in [6, 6.07) is 6.96. The standard InChI is InChI=1S/C38H61FN9O8P3/c39-34-4-2-33(3-5-34)32-48-15-1-14-40-57(48)41-58(44-16-6-35(7-17-44)49-24-25-50-35,45-18-8-36(9-19-45)51-26-27-52-36)43-59(42-57,46-20-10-37(11-21-46)53-28-29-54-37)47-22-12-38(13-23-47)55-30-31-56-38/h2-5,40H,1,6-32H2. The molecule has 10 heterocycles. The van der Waals surface area contributed by atoms with E-state index >= 15 is 0 Å². The zero-order valence-corrected chi connectivity index (χ0v) is 36.9. The minimum atomic E-state index is -2.93. The lowest BCUT2D eigenvalue weighted by atomic mass is 10.1. The molecule has 10 aliphatic rings. The van der Waals surface area contributed by atoms with Crippen LogP contribution in [0.4, 0.5) is 4.39 Å². The van der Waals surface area contributed by atoms with E-state index in [0.717, 1.165) is 129 Å². The first kappa shape index (κ1) is 41.0. The van der Waals surface area contributed by atoms with Crippen LogP contribution in [-0.4, -0.2) is 165 Å². The molecule has 10 aliphatic heterocycles. The van der Waals surface area contributed by atoms with Gasteiger partial charge in [0.1, 0.15) is 5.82 Å². The van der Waals surface area contributed by atoms with Crippen molar-refractivity contribution in [2.24, 2.45) is 13.5 Å². The molecule has 1 atom stereocenters. The summed E-state index contributed by atoms with van der Waals surface area (Å²) in [5.74, 6) is -2.46. The Kier molecular flexibility index (Phi) is 11.2. The second-order valence-electron chi connectivity index (χ2n) is 17.4. The van der Waals surface area contributed by atoms with Crippen molar-refractivity contribution in [1.29, 1.82) is 0 Å². The van der Waals surface area contributed by atoms with Gasteiger partial charge in [0.15, 0.2) is 23.1 Å². The molecule has 0 saturated carbocycles. The van der Waals surface area contributed by atoms with Crippen LogP contribution in [0.2, 0.25) is 0 Å². The van der Waals surface area contributed by atoms with Crippen LogP contribution in [-0.2, 0) is 44.4 Å². The maximum absolute atomic E-state index is 14.3. The molecule has 1 aromatic rings. The summed E-state index contributed by atoms with van der Waals surface area (Å²) in [4.78, 5) is 0. The van der Waals surface area contributed by atoms with E-state index in [1.807, 2.05) is 12.1 Å². The highest BCUT2D eigenvalue weighted by molar-refractivity contribution is 7.83. The lowest BCUT2D eigenvalue weighted by molar-refractivity contribution is -0.182. The van der Waals surface area contributed by atoms with Crippen LogP contribution >= 0.6 is 22.5 Å². The highest BCUT2D eigenvalue weighted by Crippen LogP contribution is 2.83. The maximum Gasteiger partial charge on any atom is 0.221 e. The van der Waals surface area contributed by atoms with Gasteiger partial charge in [-0.3, -0.25) is 5.09 Å². The predicted octanol–water partition coefficient (Wildman–Crippen LogP) is 5.83. The largest absolute Gasteiger partial charge is 0.347 e. The number of ether oxygens (including phenoxy) is 8. The Morgan fingerprint density at radius 1 is 0.492 bits per heavy atom. The van der Waals surface area contributed by atoms with Crippen LogP contribution in [0.3, 0.4) is 0 Å². The summed E-state index contributed by atoms with van der Waals surface area (Å²) in [5, 5.41) is 4.10. The Hall–Kier alpha value is -0.720. The maximum atomic E-state index is 14.3. The fraction of sp³-hybridized carbons (Fsp3) is 0.842. The molecule has 5 spiro atoms. The minimum absolute atomic E-state index is 0.233. The van der Waals surface area contributed by atoms with E-state index in [-0.39, 0.29) is 5.82 Å². The summed E-state index contributed by atoms with van der Waals surface area (Å²) in [6.45, 7) is 13.3. The molecule has 9 saturated heterocycles. The van der Waals surface area contributed by atoms with Crippen molar-refractivity contribution < 1.29 is 42.3 Å². The van der Waals surface area contributed by atoms with E-state index in [2.05, 4.69) is 28.4 Å². The molecule has 59 heavy (non-hydrogen) atoms. The van der Waals surface area contributed by atoms with Gasteiger partial charge in [-0.05, 0) is 24.1 Å². The molecule has 11 rings (SSSR count). The van der Waals surface area contributed by atoms with Crippen molar-refractivity contribution in [3.63, 3.8) is 0 Å². The number of piperidine rings is 4. The molecule has 1 unspecified atom stereocenters. The molecule has 9 fully saturated rings. The molecule has 1 aromatic carbocycles. The molecule has 17 nitrogen and oxygen atoms in total. The van der Waals surface area contributed by atoms with E-state index in [1.54, 1.807) is 12.1 Å². The Morgan fingerprint density at radius 2 is 0.847 bits per heavy atom. The van der Waals surface area contributed by atoms with Crippen LogP contribution in [0, 0.1) is 5.82 Å². The predicted molar refractivity (Wildman–Crippen MR) is 219 cm³/mol. The average molecular weight is 884 g/mol. The Labute approximate surface area is 347 Å². The Bertz CT molecular complexity index is 1690. The molecular formula is C38H61FN9O8P3. The van der Waals surface area contributed by atoms with Crippen molar-refractivity contribution in [2.45, 2.75) is 87.5 Å². The topological polar surface area (TPSA) is 139 Å². The van der Waals surface area contributed by atoms with Gasteiger partial charge in [0.2, 0.25) is 22.5 Å². The molecule has 0 aliphatic carbocycles. The summed E-state index contributed by atoms with van der Waals surface area (Å²) in [6.07, 6.45) is 7.01. The minimum Gasteiger partial charge on any atom is -0.347 e. The third-order valence-corrected chi connectivity index (χ3v) is 26.3. The molecular weight excluding hydrogens is 822 g/mol. The number of hydrogen-bond donors (Lipinski definition) is 1. The number of benzene rings is 1. The van der Waals surface area contributed by atoms with Gasteiger partial charge >= 0.3 is 0 Å². The highest BCUT2D eigenvalue weighted by Gasteiger charge is 2.57. The van der Waals surface area contributed by atoms with Gasteiger partial charge in [-0.1, -0.05) is 12.1 Å². The zero-order chi connectivity index (χ0) is 39.7. The van der Waals surface area contributed by atoms with Gasteiger partial charge in [0.05, 0.1) is 52.9 Å². The average Bonchev–Trinajstić information content (AvgIpc) is 4.11. The van der Waals surface area contributed by atoms with Gasteiger partial charge in [-0.25, -0.2) is 27.7 Å². The molecule has 0 bridgehead atoms. The number of nitrogens with zero attached hydrogens (tertiary/aromatic N) is 8. The van der Waals surface area contributed by atoms with Gasteiger partial charge in [-0.15, -0.1) is 0 Å². The first-order chi connectivity index (χ1) is 28.8. The van der Waals surface area contributed by atoms with E-state index in [4.69, 9.17) is 51.4 Å². The van der Waals surface area contributed by atoms with Crippen LogP contribution in [0.15, 0.2) is 37.8 Å². The SMILES string of the molecule is Fc1ccc(CN2CCCNP23=NP(N2CCC4(CC2)OCCO4)(N2CCC4(CC2)OCCO4)=NP(N2CCC4(CC2)OCCO4)(N2CCC4(CC2)OCCO4)=N3)cc1. The monoisotopic (exact) mass is 883 g/mol. The normalized spacial score (nSPS) is 34.5. The second kappa shape index (κ2) is 16.1. The van der Waals surface area contributed by atoms with Crippen molar-refractivity contribution in [3.05, 3.63) is 35.6 Å². The van der Waals surface area contributed by atoms with Crippen LogP contribution < -0.4 is 5.09 Å². The zero-order valence-electron chi connectivity index (χ0n) is 34.2. The summed E-state index contributed by atoms with van der Waals surface area (Å²) in [7, 11) is -8.76.